The molecular formula is C15H18ClNO2. The molecule has 4 heteroatoms. The van der Waals surface area contributed by atoms with E-state index in [0.717, 1.165) is 43.1 Å². The lowest BCUT2D eigenvalue weighted by atomic mass is 9.72. The van der Waals surface area contributed by atoms with E-state index < -0.39 is 0 Å². The van der Waals surface area contributed by atoms with Crippen LogP contribution in [0.3, 0.4) is 0 Å². The van der Waals surface area contributed by atoms with Crippen LogP contribution in [0.1, 0.15) is 37.7 Å². The molecule has 0 unspecified atom stereocenters. The Kier molecular flexibility index (Phi) is 2.37. The van der Waals surface area contributed by atoms with E-state index >= 15 is 0 Å². The van der Waals surface area contributed by atoms with Crippen LogP contribution in [0.5, 0.6) is 11.5 Å². The van der Waals surface area contributed by atoms with Crippen molar-refractivity contribution in [3.05, 3.63) is 22.7 Å². The third-order valence-corrected chi connectivity index (χ3v) is 5.15. The maximum Gasteiger partial charge on any atom is 0.162 e. The van der Waals surface area contributed by atoms with Gasteiger partial charge in [0.2, 0.25) is 0 Å². The Hall–Kier alpha value is -0.930. The fourth-order valence-corrected chi connectivity index (χ4v) is 3.28. The van der Waals surface area contributed by atoms with Crippen molar-refractivity contribution in [2.24, 2.45) is 11.1 Å². The first kappa shape index (κ1) is 11.9. The van der Waals surface area contributed by atoms with Crippen molar-refractivity contribution in [2.75, 3.05) is 13.2 Å². The second kappa shape index (κ2) is 3.80. The number of ether oxygens (including phenoxy) is 2. The monoisotopic (exact) mass is 279 g/mol. The predicted octanol–water partition coefficient (Wildman–Crippen LogP) is 3.23. The van der Waals surface area contributed by atoms with Gasteiger partial charge in [-0.1, -0.05) is 11.6 Å². The molecular weight excluding hydrogens is 262 g/mol. The maximum atomic E-state index is 6.38. The van der Waals surface area contributed by atoms with Crippen molar-refractivity contribution in [3.8, 4) is 11.5 Å². The standard InChI is InChI=1S/C15H18ClNO2/c16-11-7-13-12(6-10(11)15(17)2-1-3-15)18-8-14(4-5-14)9-19-13/h6-7H,1-5,8-9,17H2. The minimum atomic E-state index is -0.265. The highest BCUT2D eigenvalue weighted by molar-refractivity contribution is 6.31. The summed E-state index contributed by atoms with van der Waals surface area (Å²) in [5, 5.41) is 0.705. The minimum absolute atomic E-state index is 0.253. The van der Waals surface area contributed by atoms with E-state index in [1.165, 1.54) is 19.3 Å². The van der Waals surface area contributed by atoms with Crippen LogP contribution in [0.15, 0.2) is 12.1 Å². The van der Waals surface area contributed by atoms with E-state index in [2.05, 4.69) is 0 Å². The van der Waals surface area contributed by atoms with Gasteiger partial charge >= 0.3 is 0 Å². The summed E-state index contributed by atoms with van der Waals surface area (Å²) in [6.45, 7) is 1.49. The average molecular weight is 280 g/mol. The number of hydrogen-bond donors (Lipinski definition) is 1. The second-order valence-corrected chi connectivity index (χ2v) is 6.77. The zero-order valence-corrected chi connectivity index (χ0v) is 11.6. The molecule has 3 aliphatic rings. The summed E-state index contributed by atoms with van der Waals surface area (Å²) in [5.41, 5.74) is 7.38. The fraction of sp³-hybridized carbons (Fsp3) is 0.600. The van der Waals surface area contributed by atoms with Crippen molar-refractivity contribution < 1.29 is 9.47 Å². The summed E-state index contributed by atoms with van der Waals surface area (Å²) < 4.78 is 11.8. The molecule has 0 radical (unpaired) electrons. The number of fused-ring (bicyclic) bond motifs is 1. The molecule has 0 amide bonds. The van der Waals surface area contributed by atoms with Crippen molar-refractivity contribution >= 4 is 11.6 Å². The molecule has 0 bridgehead atoms. The number of benzene rings is 1. The third kappa shape index (κ3) is 1.83. The molecule has 1 spiro atoms. The molecule has 2 saturated carbocycles. The third-order valence-electron chi connectivity index (χ3n) is 4.84. The quantitative estimate of drug-likeness (QED) is 0.858. The van der Waals surface area contributed by atoms with E-state index in [9.17, 15) is 0 Å². The lowest BCUT2D eigenvalue weighted by molar-refractivity contribution is 0.196. The molecule has 3 nitrogen and oxygen atoms in total. The number of nitrogens with two attached hydrogens (primary N) is 1. The molecule has 0 aromatic heterocycles. The van der Waals surface area contributed by atoms with E-state index in [-0.39, 0.29) is 11.0 Å². The van der Waals surface area contributed by atoms with Gasteiger partial charge in [0.25, 0.3) is 0 Å². The van der Waals surface area contributed by atoms with Crippen LogP contribution in [0.4, 0.5) is 0 Å². The smallest absolute Gasteiger partial charge is 0.162 e. The highest BCUT2D eigenvalue weighted by Crippen LogP contribution is 2.51. The molecule has 1 heterocycles. The number of halogens is 1. The first-order valence-corrected chi connectivity index (χ1v) is 7.37. The summed E-state index contributed by atoms with van der Waals surface area (Å²) >= 11 is 6.38. The molecule has 0 atom stereocenters. The van der Waals surface area contributed by atoms with Gasteiger partial charge in [-0.15, -0.1) is 0 Å². The van der Waals surface area contributed by atoms with E-state index in [1.807, 2.05) is 12.1 Å². The largest absolute Gasteiger partial charge is 0.489 e. The van der Waals surface area contributed by atoms with Gasteiger partial charge in [0, 0.05) is 22.0 Å². The first-order chi connectivity index (χ1) is 9.10. The van der Waals surface area contributed by atoms with Crippen LogP contribution in [0.2, 0.25) is 5.02 Å². The Labute approximate surface area is 118 Å². The summed E-state index contributed by atoms with van der Waals surface area (Å²) in [6, 6.07) is 3.87. The maximum absolute atomic E-state index is 6.38. The van der Waals surface area contributed by atoms with E-state index in [0.29, 0.717) is 5.02 Å². The van der Waals surface area contributed by atoms with Crippen LogP contribution >= 0.6 is 11.6 Å². The normalized spacial score (nSPS) is 25.6. The van der Waals surface area contributed by atoms with E-state index in [1.54, 1.807) is 0 Å². The molecule has 1 aromatic rings. The van der Waals surface area contributed by atoms with Crippen molar-refractivity contribution in [2.45, 2.75) is 37.6 Å². The average Bonchev–Trinajstić information content (AvgIpc) is 3.15. The van der Waals surface area contributed by atoms with Gasteiger partial charge in [-0.2, -0.15) is 0 Å². The van der Waals surface area contributed by atoms with Crippen LogP contribution in [0.25, 0.3) is 0 Å². The molecule has 102 valence electrons. The summed E-state index contributed by atoms with van der Waals surface area (Å²) in [4.78, 5) is 0. The lowest BCUT2D eigenvalue weighted by Gasteiger charge is -2.39. The van der Waals surface area contributed by atoms with Gasteiger partial charge in [-0.25, -0.2) is 0 Å². The Morgan fingerprint density at radius 1 is 1.00 bits per heavy atom. The van der Waals surface area contributed by atoms with Gasteiger partial charge in [0.15, 0.2) is 11.5 Å². The molecule has 19 heavy (non-hydrogen) atoms. The van der Waals surface area contributed by atoms with Gasteiger partial charge in [-0.05, 0) is 43.7 Å². The van der Waals surface area contributed by atoms with Crippen LogP contribution in [0, 0.1) is 5.41 Å². The van der Waals surface area contributed by atoms with Gasteiger partial charge in [0.05, 0.1) is 13.2 Å². The predicted molar refractivity (Wildman–Crippen MR) is 73.8 cm³/mol. The Morgan fingerprint density at radius 2 is 1.63 bits per heavy atom. The molecule has 1 aliphatic heterocycles. The summed E-state index contributed by atoms with van der Waals surface area (Å²) in [7, 11) is 0. The molecule has 4 rings (SSSR count). The van der Waals surface area contributed by atoms with E-state index in [4.69, 9.17) is 26.8 Å². The molecule has 0 saturated heterocycles. The summed E-state index contributed by atoms with van der Waals surface area (Å²) in [5.74, 6) is 1.57. The van der Waals surface area contributed by atoms with Crippen molar-refractivity contribution in [3.63, 3.8) is 0 Å². The topological polar surface area (TPSA) is 44.5 Å². The minimum Gasteiger partial charge on any atom is -0.489 e. The van der Waals surface area contributed by atoms with Gasteiger partial charge < -0.3 is 15.2 Å². The molecule has 1 aromatic carbocycles. The zero-order valence-electron chi connectivity index (χ0n) is 10.9. The SMILES string of the molecule is NC1(c2cc3c(cc2Cl)OCC2(CC2)CO3)CCC1. The fourth-order valence-electron chi connectivity index (χ4n) is 2.94. The lowest BCUT2D eigenvalue weighted by Crippen LogP contribution is -2.43. The first-order valence-electron chi connectivity index (χ1n) is 6.99. The van der Waals surface area contributed by atoms with Gasteiger partial charge in [-0.3, -0.25) is 0 Å². The highest BCUT2D eigenvalue weighted by atomic mass is 35.5. The summed E-state index contributed by atoms with van der Waals surface area (Å²) in [6.07, 6.45) is 5.56. The van der Waals surface area contributed by atoms with Crippen molar-refractivity contribution in [1.82, 2.24) is 0 Å². The molecule has 2 aliphatic carbocycles. The highest BCUT2D eigenvalue weighted by Gasteiger charge is 2.46. The second-order valence-electron chi connectivity index (χ2n) is 6.37. The van der Waals surface area contributed by atoms with Crippen LogP contribution < -0.4 is 15.2 Å². The zero-order chi connectivity index (χ0) is 13.1. The number of rotatable bonds is 1. The van der Waals surface area contributed by atoms with Crippen molar-refractivity contribution in [1.29, 1.82) is 0 Å². The Balaban J connectivity index is 1.71. The molecule has 2 N–H and O–H groups in total. The number of hydrogen-bond acceptors (Lipinski definition) is 3. The van der Waals surface area contributed by atoms with Crippen LogP contribution in [-0.2, 0) is 5.54 Å². The van der Waals surface area contributed by atoms with Gasteiger partial charge in [0.1, 0.15) is 0 Å². The van der Waals surface area contributed by atoms with Crippen LogP contribution in [-0.4, -0.2) is 13.2 Å². The molecule has 2 fully saturated rings. The Bertz CT molecular complexity index is 535. The Morgan fingerprint density at radius 3 is 2.16 bits per heavy atom.